The molecule has 4 nitrogen and oxygen atoms in total. The zero-order valence-electron chi connectivity index (χ0n) is 18.3. The molecule has 0 atom stereocenters. The number of benzene rings is 3. The molecule has 0 N–H and O–H groups in total. The molecule has 0 aliphatic carbocycles. The lowest BCUT2D eigenvalue weighted by Crippen LogP contribution is -2.38. The highest BCUT2D eigenvalue weighted by Crippen LogP contribution is 2.33. The Kier molecular flexibility index (Phi) is 7.20. The molecule has 0 fully saturated rings. The third kappa shape index (κ3) is 4.85. The molecule has 0 saturated heterocycles. The van der Waals surface area contributed by atoms with Crippen molar-refractivity contribution >= 4 is 44.2 Å². The molecule has 4 rings (SSSR count). The van der Waals surface area contributed by atoms with E-state index in [1.807, 2.05) is 60.7 Å². The predicted octanol–water partition coefficient (Wildman–Crippen LogP) is 6.61. The lowest BCUT2D eigenvalue weighted by Gasteiger charge is -2.24. The summed E-state index contributed by atoms with van der Waals surface area (Å²) in [5, 5.41) is 1.28. The Morgan fingerprint density at radius 3 is 2.22 bits per heavy atom. The van der Waals surface area contributed by atoms with E-state index in [0.717, 1.165) is 41.0 Å². The molecule has 0 aliphatic heterocycles. The molecule has 164 valence electrons. The van der Waals surface area contributed by atoms with Gasteiger partial charge in [-0.2, -0.15) is 0 Å². The number of hydrogen-bond donors (Lipinski definition) is 0. The van der Waals surface area contributed by atoms with Crippen LogP contribution >= 0.6 is 22.9 Å². The van der Waals surface area contributed by atoms with Crippen LogP contribution in [0.15, 0.2) is 72.8 Å². The fourth-order valence-electron chi connectivity index (χ4n) is 3.68. The van der Waals surface area contributed by atoms with Gasteiger partial charge in [-0.3, -0.25) is 9.69 Å². The summed E-state index contributed by atoms with van der Waals surface area (Å²) in [6.07, 6.45) is 0. The topological polar surface area (TPSA) is 36.4 Å². The van der Waals surface area contributed by atoms with Crippen LogP contribution in [-0.4, -0.2) is 42.0 Å². The molecule has 1 amide bonds. The minimum Gasteiger partial charge on any atom is -0.302 e. The van der Waals surface area contributed by atoms with E-state index >= 15 is 0 Å². The molecule has 32 heavy (non-hydrogen) atoms. The van der Waals surface area contributed by atoms with E-state index in [9.17, 15) is 4.79 Å². The number of hydrogen-bond acceptors (Lipinski definition) is 4. The van der Waals surface area contributed by atoms with Gasteiger partial charge in [0.25, 0.3) is 5.91 Å². The first kappa shape index (κ1) is 22.5. The van der Waals surface area contributed by atoms with Crippen molar-refractivity contribution in [2.75, 3.05) is 31.1 Å². The van der Waals surface area contributed by atoms with Crippen molar-refractivity contribution in [1.29, 1.82) is 0 Å². The monoisotopic (exact) mass is 463 g/mol. The first-order chi connectivity index (χ1) is 15.6. The van der Waals surface area contributed by atoms with E-state index < -0.39 is 0 Å². The fourth-order valence-corrected chi connectivity index (χ4v) is 4.97. The number of likely N-dealkylation sites (N-methyl/N-ethyl adjacent to an activating group) is 1. The molecule has 1 aromatic heterocycles. The molecule has 0 spiro atoms. The van der Waals surface area contributed by atoms with Gasteiger partial charge in [-0.05, 0) is 48.5 Å². The lowest BCUT2D eigenvalue weighted by molar-refractivity contribution is 0.0984. The zero-order chi connectivity index (χ0) is 22.5. The van der Waals surface area contributed by atoms with Crippen molar-refractivity contribution in [2.45, 2.75) is 13.8 Å². The quantitative estimate of drug-likeness (QED) is 0.295. The van der Waals surface area contributed by atoms with E-state index in [2.05, 4.69) is 30.9 Å². The zero-order valence-corrected chi connectivity index (χ0v) is 19.9. The van der Waals surface area contributed by atoms with Crippen LogP contribution in [-0.2, 0) is 0 Å². The number of rotatable bonds is 8. The third-order valence-corrected chi connectivity index (χ3v) is 6.96. The lowest BCUT2D eigenvalue weighted by atomic mass is 10.0. The highest BCUT2D eigenvalue weighted by atomic mass is 35.5. The number of fused-ring (bicyclic) bond motifs is 1. The minimum absolute atomic E-state index is 0.0491. The summed E-state index contributed by atoms with van der Waals surface area (Å²) in [5.74, 6) is -0.0491. The molecule has 0 radical (unpaired) electrons. The van der Waals surface area contributed by atoms with Crippen LogP contribution in [0, 0.1) is 0 Å². The molecular weight excluding hydrogens is 438 g/mol. The van der Waals surface area contributed by atoms with Crippen molar-refractivity contribution in [3.63, 3.8) is 0 Å². The van der Waals surface area contributed by atoms with Crippen LogP contribution in [0.2, 0.25) is 5.02 Å². The Bertz CT molecular complexity index is 1190. The SMILES string of the molecule is CCN(CC)CCN(C(=O)c1ccc(-c2ccccc2)cc1)c1nc2c(Cl)cccc2s1. The van der Waals surface area contributed by atoms with Gasteiger partial charge in [-0.1, -0.05) is 85.3 Å². The van der Waals surface area contributed by atoms with Crippen LogP contribution in [0.1, 0.15) is 24.2 Å². The Morgan fingerprint density at radius 2 is 1.56 bits per heavy atom. The molecule has 0 aliphatic rings. The summed E-state index contributed by atoms with van der Waals surface area (Å²) >= 11 is 7.85. The number of nitrogens with zero attached hydrogens (tertiary/aromatic N) is 3. The second-order valence-electron chi connectivity index (χ2n) is 7.51. The Balaban J connectivity index is 1.65. The number of halogens is 1. The molecular formula is C26H26ClN3OS. The normalized spacial score (nSPS) is 11.2. The van der Waals surface area contributed by atoms with E-state index in [1.165, 1.54) is 11.3 Å². The van der Waals surface area contributed by atoms with Crippen molar-refractivity contribution < 1.29 is 4.79 Å². The van der Waals surface area contributed by atoms with Gasteiger partial charge >= 0.3 is 0 Å². The summed E-state index contributed by atoms with van der Waals surface area (Å²) in [5.41, 5.74) is 3.61. The van der Waals surface area contributed by atoms with Crippen molar-refractivity contribution in [3.05, 3.63) is 83.4 Å². The summed E-state index contributed by atoms with van der Waals surface area (Å²) in [7, 11) is 0. The van der Waals surface area contributed by atoms with Gasteiger partial charge in [0, 0.05) is 18.7 Å². The van der Waals surface area contributed by atoms with Crippen molar-refractivity contribution in [1.82, 2.24) is 9.88 Å². The fraction of sp³-hybridized carbons (Fsp3) is 0.231. The summed E-state index contributed by atoms with van der Waals surface area (Å²) < 4.78 is 0.979. The number of anilines is 1. The van der Waals surface area contributed by atoms with Gasteiger partial charge in [-0.25, -0.2) is 4.98 Å². The summed E-state index contributed by atoms with van der Waals surface area (Å²) in [6, 6.07) is 23.7. The average molecular weight is 464 g/mol. The Morgan fingerprint density at radius 1 is 0.875 bits per heavy atom. The first-order valence-corrected chi connectivity index (χ1v) is 12.0. The van der Waals surface area contributed by atoms with Gasteiger partial charge in [0.15, 0.2) is 5.13 Å². The second kappa shape index (κ2) is 10.3. The Hall–Kier alpha value is -2.73. The van der Waals surface area contributed by atoms with Crippen molar-refractivity contribution in [2.24, 2.45) is 0 Å². The van der Waals surface area contributed by atoms with Gasteiger partial charge in [0.1, 0.15) is 5.52 Å². The molecule has 0 saturated carbocycles. The van der Waals surface area contributed by atoms with Gasteiger partial charge in [0.2, 0.25) is 0 Å². The average Bonchev–Trinajstić information content (AvgIpc) is 3.28. The molecule has 4 aromatic rings. The van der Waals surface area contributed by atoms with Crippen LogP contribution in [0.5, 0.6) is 0 Å². The molecule has 0 bridgehead atoms. The van der Waals surface area contributed by atoms with Gasteiger partial charge in [0.05, 0.1) is 9.72 Å². The second-order valence-corrected chi connectivity index (χ2v) is 8.93. The highest BCUT2D eigenvalue weighted by molar-refractivity contribution is 7.22. The minimum atomic E-state index is -0.0491. The number of amides is 1. The maximum absolute atomic E-state index is 13.6. The number of para-hydroxylation sites is 1. The summed E-state index contributed by atoms with van der Waals surface area (Å²) in [4.78, 5) is 22.4. The molecule has 0 unspecified atom stereocenters. The molecule has 3 aromatic carbocycles. The smallest absolute Gasteiger partial charge is 0.260 e. The van der Waals surface area contributed by atoms with Crippen LogP contribution < -0.4 is 4.90 Å². The van der Waals surface area contributed by atoms with Crippen LogP contribution in [0.3, 0.4) is 0 Å². The molecule has 6 heteroatoms. The van der Waals surface area contributed by atoms with E-state index in [-0.39, 0.29) is 5.91 Å². The Labute approximate surface area is 198 Å². The summed E-state index contributed by atoms with van der Waals surface area (Å²) in [6.45, 7) is 7.50. The number of aromatic nitrogens is 1. The van der Waals surface area contributed by atoms with Crippen molar-refractivity contribution in [3.8, 4) is 11.1 Å². The van der Waals surface area contributed by atoms with Crippen LogP contribution in [0.25, 0.3) is 21.3 Å². The number of carbonyl (C=O) groups excluding carboxylic acids is 1. The number of thiazole rings is 1. The maximum atomic E-state index is 13.6. The molecule has 1 heterocycles. The predicted molar refractivity (Wildman–Crippen MR) is 136 cm³/mol. The number of carbonyl (C=O) groups is 1. The largest absolute Gasteiger partial charge is 0.302 e. The highest BCUT2D eigenvalue weighted by Gasteiger charge is 2.22. The van der Waals surface area contributed by atoms with E-state index in [1.54, 1.807) is 4.90 Å². The van der Waals surface area contributed by atoms with Gasteiger partial charge < -0.3 is 4.90 Å². The van der Waals surface area contributed by atoms with Gasteiger partial charge in [-0.15, -0.1) is 0 Å². The first-order valence-electron chi connectivity index (χ1n) is 10.9. The van der Waals surface area contributed by atoms with E-state index in [0.29, 0.717) is 22.3 Å². The third-order valence-electron chi connectivity index (χ3n) is 5.61. The standard InChI is InChI=1S/C26H26ClN3OS/c1-3-29(4-2)17-18-30(26-28-24-22(27)11-8-12-23(24)32-26)25(31)21-15-13-20(14-16-21)19-9-6-5-7-10-19/h5-16H,3-4,17-18H2,1-2H3. The van der Waals surface area contributed by atoms with Crippen LogP contribution in [0.4, 0.5) is 5.13 Å². The van der Waals surface area contributed by atoms with E-state index in [4.69, 9.17) is 16.6 Å². The maximum Gasteiger partial charge on any atom is 0.260 e.